The first-order valence-corrected chi connectivity index (χ1v) is 11.8. The first kappa shape index (κ1) is 24.0. The van der Waals surface area contributed by atoms with Crippen LogP contribution < -0.4 is 10.1 Å². The van der Waals surface area contributed by atoms with Crippen molar-refractivity contribution in [3.05, 3.63) is 90.1 Å². The van der Waals surface area contributed by atoms with Crippen LogP contribution in [-0.2, 0) is 4.74 Å². The highest BCUT2D eigenvalue weighted by atomic mass is 16.5. The maximum atomic E-state index is 13.2. The molecule has 0 saturated carbocycles. The van der Waals surface area contributed by atoms with Crippen LogP contribution in [0.25, 0.3) is 22.0 Å². The summed E-state index contributed by atoms with van der Waals surface area (Å²) in [5, 5.41) is 3.76. The van der Waals surface area contributed by atoms with Gasteiger partial charge in [0.15, 0.2) is 0 Å². The number of aromatic nitrogens is 1. The molecule has 3 aromatic carbocycles. The molecule has 0 fully saturated rings. The maximum absolute atomic E-state index is 13.2. The van der Waals surface area contributed by atoms with Crippen LogP contribution in [-0.4, -0.2) is 30.1 Å². The molecule has 1 aromatic heterocycles. The smallest absolute Gasteiger partial charge is 0.339 e. The Morgan fingerprint density at radius 2 is 1.74 bits per heavy atom. The summed E-state index contributed by atoms with van der Waals surface area (Å²) in [6, 6.07) is 22.4. The fourth-order valence-corrected chi connectivity index (χ4v) is 3.72. The largest absolute Gasteiger partial charge is 0.494 e. The van der Waals surface area contributed by atoms with Crippen molar-refractivity contribution in [2.24, 2.45) is 0 Å². The van der Waals surface area contributed by atoms with Gasteiger partial charge in [0.2, 0.25) is 0 Å². The summed E-state index contributed by atoms with van der Waals surface area (Å²) in [4.78, 5) is 29.5. The summed E-state index contributed by atoms with van der Waals surface area (Å²) < 4.78 is 10.8. The van der Waals surface area contributed by atoms with Crippen LogP contribution in [0, 0.1) is 0 Å². The van der Waals surface area contributed by atoms with E-state index < -0.39 is 5.97 Å². The number of esters is 1. The van der Waals surface area contributed by atoms with Crippen molar-refractivity contribution < 1.29 is 19.1 Å². The molecule has 6 heteroatoms. The van der Waals surface area contributed by atoms with Crippen LogP contribution in [0.4, 0.5) is 5.69 Å². The van der Waals surface area contributed by atoms with E-state index in [4.69, 9.17) is 9.47 Å². The zero-order valence-electron chi connectivity index (χ0n) is 19.9. The van der Waals surface area contributed by atoms with Crippen LogP contribution >= 0.6 is 0 Å². The lowest BCUT2D eigenvalue weighted by molar-refractivity contribution is 0.0526. The lowest BCUT2D eigenvalue weighted by Gasteiger charge is -2.12. The van der Waals surface area contributed by atoms with E-state index in [1.807, 2.05) is 48.5 Å². The maximum Gasteiger partial charge on any atom is 0.339 e. The number of hydrogen-bond donors (Lipinski definition) is 1. The van der Waals surface area contributed by atoms with Crippen molar-refractivity contribution in [1.82, 2.24) is 4.98 Å². The van der Waals surface area contributed by atoms with Gasteiger partial charge >= 0.3 is 5.97 Å². The summed E-state index contributed by atoms with van der Waals surface area (Å²) >= 11 is 0. The second-order valence-electron chi connectivity index (χ2n) is 8.08. The number of rotatable bonds is 9. The lowest BCUT2D eigenvalue weighted by atomic mass is 9.99. The Labute approximate surface area is 204 Å². The van der Waals surface area contributed by atoms with Crippen LogP contribution in [0.3, 0.4) is 0 Å². The van der Waals surface area contributed by atoms with Crippen LogP contribution in [0.15, 0.2) is 79.0 Å². The molecule has 6 nitrogen and oxygen atoms in total. The molecule has 35 heavy (non-hydrogen) atoms. The fraction of sp³-hybridized carbons (Fsp3) is 0.207. The second kappa shape index (κ2) is 11.3. The first-order valence-electron chi connectivity index (χ1n) is 11.8. The number of benzene rings is 3. The molecule has 0 radical (unpaired) electrons. The number of nitrogens with one attached hydrogen (secondary N) is 1. The molecule has 1 amide bonds. The molecule has 4 aromatic rings. The predicted molar refractivity (Wildman–Crippen MR) is 138 cm³/mol. The zero-order valence-corrected chi connectivity index (χ0v) is 19.9. The summed E-state index contributed by atoms with van der Waals surface area (Å²) in [5.41, 5.74) is 4.02. The molecule has 0 bridgehead atoms. The van der Waals surface area contributed by atoms with E-state index in [1.54, 1.807) is 31.2 Å². The average molecular weight is 469 g/mol. The van der Waals surface area contributed by atoms with Gasteiger partial charge in [0.1, 0.15) is 5.75 Å². The minimum atomic E-state index is -0.406. The van der Waals surface area contributed by atoms with Crippen LogP contribution in [0.2, 0.25) is 0 Å². The topological polar surface area (TPSA) is 77.5 Å². The average Bonchev–Trinajstić information content (AvgIpc) is 2.89. The van der Waals surface area contributed by atoms with Crippen molar-refractivity contribution in [1.29, 1.82) is 0 Å². The number of ether oxygens (including phenoxy) is 2. The summed E-state index contributed by atoms with van der Waals surface area (Å²) in [7, 11) is 0. The summed E-state index contributed by atoms with van der Waals surface area (Å²) in [6.45, 7) is 4.89. The summed E-state index contributed by atoms with van der Waals surface area (Å²) in [5.74, 6) is 0.196. The highest BCUT2D eigenvalue weighted by Gasteiger charge is 2.14. The predicted octanol–water partition coefficient (Wildman–Crippen LogP) is 6.51. The van der Waals surface area contributed by atoms with Crippen molar-refractivity contribution in [3.8, 4) is 16.9 Å². The third-order valence-electron chi connectivity index (χ3n) is 5.56. The molecular formula is C29H28N2O4. The molecule has 178 valence electrons. The van der Waals surface area contributed by atoms with Crippen LogP contribution in [0.1, 0.15) is 47.4 Å². The van der Waals surface area contributed by atoms with E-state index in [9.17, 15) is 9.59 Å². The Hall–Kier alpha value is -4.19. The van der Waals surface area contributed by atoms with E-state index in [1.165, 1.54) is 6.20 Å². The monoisotopic (exact) mass is 468 g/mol. The Bertz CT molecular complexity index is 1330. The molecule has 0 atom stereocenters. The third-order valence-corrected chi connectivity index (χ3v) is 5.56. The van der Waals surface area contributed by atoms with Gasteiger partial charge in [0, 0.05) is 22.8 Å². The van der Waals surface area contributed by atoms with E-state index >= 15 is 0 Å². The molecule has 0 aliphatic rings. The van der Waals surface area contributed by atoms with Crippen molar-refractivity contribution in [3.63, 3.8) is 0 Å². The fourth-order valence-electron chi connectivity index (χ4n) is 3.72. The minimum Gasteiger partial charge on any atom is -0.494 e. The van der Waals surface area contributed by atoms with E-state index in [-0.39, 0.29) is 5.91 Å². The van der Waals surface area contributed by atoms with Gasteiger partial charge in [-0.05, 0) is 60.9 Å². The molecule has 1 heterocycles. The van der Waals surface area contributed by atoms with Crippen molar-refractivity contribution >= 4 is 28.5 Å². The number of pyridine rings is 1. The third kappa shape index (κ3) is 5.84. The number of carbonyl (C=O) groups excluding carboxylic acids is 2. The molecule has 4 rings (SSSR count). The van der Waals surface area contributed by atoms with Gasteiger partial charge in [0.25, 0.3) is 5.91 Å². The standard InChI is InChI=1S/C29H28N2O4/c1-3-5-16-35-24-14-11-20(12-15-24)25-8-6-7-9-26(25)28(32)31-23-13-10-21-17-22(29(33)34-4-2)19-30-27(21)18-23/h6-15,17-19H,3-5,16H2,1-2H3,(H,31,32). The molecule has 0 aliphatic carbocycles. The molecule has 0 spiro atoms. The van der Waals surface area contributed by atoms with Gasteiger partial charge in [-0.2, -0.15) is 0 Å². The minimum absolute atomic E-state index is 0.216. The zero-order chi connectivity index (χ0) is 24.6. The van der Waals surface area contributed by atoms with Gasteiger partial charge in [-0.3, -0.25) is 9.78 Å². The number of nitrogens with zero attached hydrogens (tertiary/aromatic N) is 1. The number of carbonyl (C=O) groups is 2. The Morgan fingerprint density at radius 3 is 2.51 bits per heavy atom. The van der Waals surface area contributed by atoms with Crippen molar-refractivity contribution in [2.45, 2.75) is 26.7 Å². The van der Waals surface area contributed by atoms with E-state index in [2.05, 4.69) is 17.2 Å². The van der Waals surface area contributed by atoms with Gasteiger partial charge in [-0.1, -0.05) is 49.7 Å². The SMILES string of the molecule is CCCCOc1ccc(-c2ccccc2C(=O)Nc2ccc3cc(C(=O)OCC)cnc3c2)cc1. The first-order chi connectivity index (χ1) is 17.1. The number of anilines is 1. The van der Waals surface area contributed by atoms with Crippen LogP contribution in [0.5, 0.6) is 5.75 Å². The van der Waals surface area contributed by atoms with Crippen molar-refractivity contribution in [2.75, 3.05) is 18.5 Å². The Morgan fingerprint density at radius 1 is 0.943 bits per heavy atom. The normalized spacial score (nSPS) is 10.7. The van der Waals surface area contributed by atoms with Gasteiger partial charge < -0.3 is 14.8 Å². The number of amides is 1. The van der Waals surface area contributed by atoms with Gasteiger partial charge in [0.05, 0.1) is 24.3 Å². The van der Waals surface area contributed by atoms with Gasteiger partial charge in [-0.25, -0.2) is 4.79 Å². The Balaban J connectivity index is 1.52. The lowest BCUT2D eigenvalue weighted by Crippen LogP contribution is -2.13. The van der Waals surface area contributed by atoms with Gasteiger partial charge in [-0.15, -0.1) is 0 Å². The van der Waals surface area contributed by atoms with E-state index in [0.29, 0.717) is 35.5 Å². The number of fused-ring (bicyclic) bond motifs is 1. The number of hydrogen-bond acceptors (Lipinski definition) is 5. The molecule has 1 N–H and O–H groups in total. The van der Waals surface area contributed by atoms with E-state index in [0.717, 1.165) is 35.1 Å². The highest BCUT2D eigenvalue weighted by Crippen LogP contribution is 2.27. The Kier molecular flexibility index (Phi) is 7.73. The quantitative estimate of drug-likeness (QED) is 0.224. The molecular weight excluding hydrogens is 440 g/mol. The number of unbranched alkanes of at least 4 members (excludes halogenated alkanes) is 1. The molecule has 0 saturated heterocycles. The second-order valence-corrected chi connectivity index (χ2v) is 8.08. The molecule has 0 aliphatic heterocycles. The highest BCUT2D eigenvalue weighted by molar-refractivity contribution is 6.09. The summed E-state index contributed by atoms with van der Waals surface area (Å²) in [6.07, 6.45) is 3.58. The molecule has 0 unspecified atom stereocenters.